The van der Waals surface area contributed by atoms with E-state index in [9.17, 15) is 19.2 Å². The summed E-state index contributed by atoms with van der Waals surface area (Å²) in [5.74, 6) is -1.84. The Bertz CT molecular complexity index is 1210. The SMILES string of the molecule is Cc1ccccc1C(=O)C(=O)c1ccccc1.O=C(C(=O)c1ccccc1)c1ccccc1. The molecular formula is C29H22O4. The van der Waals surface area contributed by atoms with E-state index >= 15 is 0 Å². The van der Waals surface area contributed by atoms with E-state index in [2.05, 4.69) is 0 Å². The van der Waals surface area contributed by atoms with Crippen LogP contribution in [-0.4, -0.2) is 23.1 Å². The second kappa shape index (κ2) is 11.3. The Hall–Kier alpha value is -4.44. The minimum Gasteiger partial charge on any atom is -0.285 e. The van der Waals surface area contributed by atoms with Gasteiger partial charge in [-0.15, -0.1) is 0 Å². The van der Waals surface area contributed by atoms with Crippen molar-refractivity contribution in [1.29, 1.82) is 0 Å². The first-order chi connectivity index (χ1) is 16.0. The molecule has 0 aliphatic carbocycles. The van der Waals surface area contributed by atoms with Gasteiger partial charge in [-0.3, -0.25) is 19.2 Å². The van der Waals surface area contributed by atoms with Gasteiger partial charge < -0.3 is 0 Å². The van der Waals surface area contributed by atoms with Crippen molar-refractivity contribution in [2.45, 2.75) is 6.92 Å². The highest BCUT2D eigenvalue weighted by Crippen LogP contribution is 2.12. The Labute approximate surface area is 192 Å². The highest BCUT2D eigenvalue weighted by Gasteiger charge is 2.19. The van der Waals surface area contributed by atoms with Crippen molar-refractivity contribution < 1.29 is 19.2 Å². The molecule has 4 heteroatoms. The molecule has 0 fully saturated rings. The Morgan fingerprint density at radius 2 is 0.697 bits per heavy atom. The van der Waals surface area contributed by atoms with E-state index in [0.29, 0.717) is 22.3 Å². The highest BCUT2D eigenvalue weighted by molar-refractivity contribution is 6.49. The maximum absolute atomic E-state index is 12.0. The number of hydrogen-bond acceptors (Lipinski definition) is 4. The summed E-state index contributed by atoms with van der Waals surface area (Å²) in [6, 6.07) is 32.9. The van der Waals surface area contributed by atoms with Crippen LogP contribution in [0.1, 0.15) is 47.0 Å². The molecule has 4 rings (SSSR count). The summed E-state index contributed by atoms with van der Waals surface area (Å²) in [6.45, 7) is 1.82. The van der Waals surface area contributed by atoms with E-state index in [-0.39, 0.29) is 0 Å². The summed E-state index contributed by atoms with van der Waals surface area (Å²) in [4.78, 5) is 47.6. The second-order valence-corrected chi connectivity index (χ2v) is 7.23. The lowest BCUT2D eigenvalue weighted by Crippen LogP contribution is -2.15. The van der Waals surface area contributed by atoms with Crippen LogP contribution >= 0.6 is 0 Å². The van der Waals surface area contributed by atoms with Crippen molar-refractivity contribution in [3.63, 3.8) is 0 Å². The highest BCUT2D eigenvalue weighted by atomic mass is 16.2. The van der Waals surface area contributed by atoms with Gasteiger partial charge in [0.15, 0.2) is 0 Å². The molecule has 0 atom stereocenters. The van der Waals surface area contributed by atoms with Crippen molar-refractivity contribution in [3.05, 3.63) is 143 Å². The van der Waals surface area contributed by atoms with Crippen LogP contribution in [0.5, 0.6) is 0 Å². The molecule has 0 bridgehead atoms. The third kappa shape index (κ3) is 6.05. The van der Waals surface area contributed by atoms with Crippen molar-refractivity contribution in [3.8, 4) is 0 Å². The third-order valence-corrected chi connectivity index (χ3v) is 4.91. The van der Waals surface area contributed by atoms with Gasteiger partial charge in [0.25, 0.3) is 0 Å². The van der Waals surface area contributed by atoms with E-state index in [1.54, 1.807) is 84.9 Å². The van der Waals surface area contributed by atoms with Gasteiger partial charge in [0, 0.05) is 22.3 Å². The van der Waals surface area contributed by atoms with Crippen LogP contribution in [0.15, 0.2) is 115 Å². The number of carbonyl (C=O) groups is 4. The molecule has 0 unspecified atom stereocenters. The number of Topliss-reactive ketones (excluding diaryl/α,β-unsaturated/α-hetero) is 4. The molecule has 0 saturated carbocycles. The van der Waals surface area contributed by atoms with Gasteiger partial charge in [0.2, 0.25) is 23.1 Å². The largest absolute Gasteiger partial charge is 0.285 e. The van der Waals surface area contributed by atoms with Crippen molar-refractivity contribution >= 4 is 23.1 Å². The van der Waals surface area contributed by atoms with Gasteiger partial charge in [-0.25, -0.2) is 0 Å². The lowest BCUT2D eigenvalue weighted by molar-refractivity contribution is 0.0816. The quantitative estimate of drug-likeness (QED) is 0.284. The zero-order chi connectivity index (χ0) is 23.6. The standard InChI is InChI=1S/C15H12O2.C14H10O2/c1-11-7-5-6-10-13(11)15(17)14(16)12-8-3-2-4-9-12;15-13(11-7-3-1-4-8-11)14(16)12-9-5-2-6-10-12/h2-10H,1H3;1-10H. The van der Waals surface area contributed by atoms with Crippen LogP contribution in [0.2, 0.25) is 0 Å². The van der Waals surface area contributed by atoms with Gasteiger partial charge in [-0.1, -0.05) is 115 Å². The normalized spacial score (nSPS) is 9.85. The summed E-state index contributed by atoms with van der Waals surface area (Å²) in [6.07, 6.45) is 0. The summed E-state index contributed by atoms with van der Waals surface area (Å²) in [7, 11) is 0. The number of ketones is 4. The van der Waals surface area contributed by atoms with Crippen molar-refractivity contribution in [2.75, 3.05) is 0 Å². The molecule has 0 aliphatic rings. The molecule has 0 saturated heterocycles. The zero-order valence-corrected chi connectivity index (χ0v) is 18.1. The van der Waals surface area contributed by atoms with E-state index in [1.165, 1.54) is 0 Å². The summed E-state index contributed by atoms with van der Waals surface area (Å²) in [5, 5.41) is 0. The van der Waals surface area contributed by atoms with Crippen LogP contribution in [0, 0.1) is 6.92 Å². The Morgan fingerprint density at radius 3 is 1.06 bits per heavy atom. The molecule has 33 heavy (non-hydrogen) atoms. The Morgan fingerprint density at radius 1 is 0.394 bits per heavy atom. The molecule has 4 aromatic rings. The first-order valence-electron chi connectivity index (χ1n) is 10.4. The van der Waals surface area contributed by atoms with Crippen LogP contribution in [0.4, 0.5) is 0 Å². The fourth-order valence-corrected chi connectivity index (χ4v) is 3.11. The summed E-state index contributed by atoms with van der Waals surface area (Å²) < 4.78 is 0. The predicted octanol–water partition coefficient (Wildman–Crippen LogP) is 5.81. The molecule has 0 amide bonds. The molecule has 0 heterocycles. The third-order valence-electron chi connectivity index (χ3n) is 4.91. The van der Waals surface area contributed by atoms with Crippen molar-refractivity contribution in [1.82, 2.24) is 0 Å². The molecule has 0 aliphatic heterocycles. The number of carbonyl (C=O) groups excluding carboxylic acids is 4. The topological polar surface area (TPSA) is 68.3 Å². The Kier molecular flexibility index (Phi) is 7.92. The first kappa shape index (κ1) is 23.2. The maximum atomic E-state index is 12.0. The van der Waals surface area contributed by atoms with E-state index in [1.807, 2.05) is 37.3 Å². The lowest BCUT2D eigenvalue weighted by atomic mass is 9.98. The second-order valence-electron chi connectivity index (χ2n) is 7.23. The fraction of sp³-hybridized carbons (Fsp3) is 0.0345. The van der Waals surface area contributed by atoms with E-state index < -0.39 is 23.1 Å². The monoisotopic (exact) mass is 434 g/mol. The summed E-state index contributed by atoms with van der Waals surface area (Å²) in [5.41, 5.74) is 2.58. The first-order valence-corrected chi connectivity index (χ1v) is 10.4. The van der Waals surface area contributed by atoms with Crippen LogP contribution in [-0.2, 0) is 0 Å². The van der Waals surface area contributed by atoms with Gasteiger partial charge in [0.05, 0.1) is 0 Å². The smallest absolute Gasteiger partial charge is 0.233 e. The average molecular weight is 434 g/mol. The van der Waals surface area contributed by atoms with Gasteiger partial charge in [-0.05, 0) is 12.5 Å². The molecule has 0 radical (unpaired) electrons. The molecule has 162 valence electrons. The minimum atomic E-state index is -0.466. The van der Waals surface area contributed by atoms with Crippen molar-refractivity contribution in [2.24, 2.45) is 0 Å². The number of hydrogen-bond donors (Lipinski definition) is 0. The predicted molar refractivity (Wildman–Crippen MR) is 128 cm³/mol. The molecule has 4 nitrogen and oxygen atoms in total. The van der Waals surface area contributed by atoms with Crippen LogP contribution in [0.25, 0.3) is 0 Å². The van der Waals surface area contributed by atoms with E-state index in [4.69, 9.17) is 0 Å². The number of rotatable bonds is 6. The Balaban J connectivity index is 0.000000186. The maximum Gasteiger partial charge on any atom is 0.233 e. The fourth-order valence-electron chi connectivity index (χ4n) is 3.11. The molecule has 4 aromatic carbocycles. The molecule has 0 N–H and O–H groups in total. The minimum absolute atomic E-state index is 0.427. The van der Waals surface area contributed by atoms with Crippen LogP contribution < -0.4 is 0 Å². The molecule has 0 spiro atoms. The van der Waals surface area contributed by atoms with Gasteiger partial charge in [-0.2, -0.15) is 0 Å². The van der Waals surface area contributed by atoms with Gasteiger partial charge in [0.1, 0.15) is 0 Å². The number of aryl methyl sites for hydroxylation is 1. The molecule has 0 aromatic heterocycles. The van der Waals surface area contributed by atoms with Crippen LogP contribution in [0.3, 0.4) is 0 Å². The van der Waals surface area contributed by atoms with Gasteiger partial charge >= 0.3 is 0 Å². The zero-order valence-electron chi connectivity index (χ0n) is 18.1. The summed E-state index contributed by atoms with van der Waals surface area (Å²) >= 11 is 0. The molecular weight excluding hydrogens is 412 g/mol. The average Bonchev–Trinajstić information content (AvgIpc) is 2.89. The van der Waals surface area contributed by atoms with E-state index in [0.717, 1.165) is 5.56 Å². The number of benzene rings is 4. The lowest BCUT2D eigenvalue weighted by Gasteiger charge is -2.03.